The summed E-state index contributed by atoms with van der Waals surface area (Å²) in [5, 5.41) is 9.63. The fraction of sp³-hybridized carbons (Fsp3) is 0.400. The summed E-state index contributed by atoms with van der Waals surface area (Å²) in [7, 11) is 0. The molecule has 1 amide bonds. The number of fused-ring (bicyclic) bond motifs is 1. The summed E-state index contributed by atoms with van der Waals surface area (Å²) in [6, 6.07) is 7.90. The van der Waals surface area contributed by atoms with Gasteiger partial charge in [-0.05, 0) is 19.1 Å². The number of carbonyl (C=O) groups is 2. The molecule has 0 saturated carbocycles. The Morgan fingerprint density at radius 1 is 1.29 bits per heavy atom. The number of carboxylic acids is 1. The summed E-state index contributed by atoms with van der Waals surface area (Å²) < 4.78 is 1.12. The van der Waals surface area contributed by atoms with Crippen molar-refractivity contribution >= 4 is 33.4 Å². The van der Waals surface area contributed by atoms with Crippen LogP contribution in [0.3, 0.4) is 0 Å². The van der Waals surface area contributed by atoms with E-state index in [1.807, 2.05) is 31.2 Å². The molecular weight excluding hydrogens is 288 g/mol. The first-order valence-corrected chi connectivity index (χ1v) is 7.75. The average Bonchev–Trinajstić information content (AvgIpc) is 2.88. The molecule has 1 heterocycles. The molecule has 0 aliphatic carbocycles. The van der Waals surface area contributed by atoms with Crippen LogP contribution in [0, 0.1) is 0 Å². The molecule has 0 saturated heterocycles. The van der Waals surface area contributed by atoms with Crippen molar-refractivity contribution < 1.29 is 14.7 Å². The number of para-hydroxylation sites is 1. The third-order valence-corrected chi connectivity index (χ3v) is 4.32. The number of nitrogens with zero attached hydrogens (tertiary/aromatic N) is 2. The zero-order valence-electron chi connectivity index (χ0n) is 11.9. The van der Waals surface area contributed by atoms with Gasteiger partial charge in [-0.25, -0.2) is 4.98 Å². The van der Waals surface area contributed by atoms with Crippen LogP contribution in [0.2, 0.25) is 0 Å². The summed E-state index contributed by atoms with van der Waals surface area (Å²) in [6.07, 6.45) is 0.954. The molecule has 1 N–H and O–H groups in total. The number of thiazole rings is 1. The molecule has 112 valence electrons. The van der Waals surface area contributed by atoms with Gasteiger partial charge < -0.3 is 10.0 Å². The maximum absolute atomic E-state index is 12.1. The number of amides is 1. The van der Waals surface area contributed by atoms with Gasteiger partial charge in [-0.2, -0.15) is 0 Å². The first-order valence-electron chi connectivity index (χ1n) is 6.94. The van der Waals surface area contributed by atoms with Crippen molar-refractivity contribution in [2.24, 2.45) is 0 Å². The fourth-order valence-corrected chi connectivity index (χ4v) is 3.06. The lowest BCUT2D eigenvalue weighted by Crippen LogP contribution is -2.32. The lowest BCUT2D eigenvalue weighted by Gasteiger charge is -2.19. The number of rotatable bonds is 7. The van der Waals surface area contributed by atoms with Crippen LogP contribution in [0.4, 0.5) is 0 Å². The lowest BCUT2D eigenvalue weighted by atomic mass is 10.2. The molecule has 5 nitrogen and oxygen atoms in total. The zero-order chi connectivity index (χ0) is 15.2. The van der Waals surface area contributed by atoms with E-state index < -0.39 is 5.97 Å². The largest absolute Gasteiger partial charge is 0.481 e. The van der Waals surface area contributed by atoms with Gasteiger partial charge in [0.05, 0.1) is 21.6 Å². The van der Waals surface area contributed by atoms with Crippen molar-refractivity contribution in [2.45, 2.75) is 26.2 Å². The van der Waals surface area contributed by atoms with Gasteiger partial charge in [-0.15, -0.1) is 11.3 Å². The van der Waals surface area contributed by atoms with E-state index in [-0.39, 0.29) is 18.9 Å². The van der Waals surface area contributed by atoms with Crippen LogP contribution in [0.25, 0.3) is 10.2 Å². The maximum atomic E-state index is 12.1. The summed E-state index contributed by atoms with van der Waals surface area (Å²) in [4.78, 5) is 28.7. The van der Waals surface area contributed by atoms with Gasteiger partial charge in [0.25, 0.3) is 0 Å². The highest BCUT2D eigenvalue weighted by atomic mass is 32.1. The van der Waals surface area contributed by atoms with Gasteiger partial charge in [0, 0.05) is 25.9 Å². The Balaban J connectivity index is 1.91. The normalized spacial score (nSPS) is 10.7. The van der Waals surface area contributed by atoms with Crippen LogP contribution < -0.4 is 0 Å². The number of carboxylic acid groups (broad SMARTS) is 1. The highest BCUT2D eigenvalue weighted by Gasteiger charge is 2.14. The molecule has 0 aliphatic heterocycles. The number of hydrogen-bond donors (Lipinski definition) is 1. The Labute approximate surface area is 127 Å². The second-order valence-corrected chi connectivity index (χ2v) is 5.81. The Morgan fingerprint density at radius 3 is 2.71 bits per heavy atom. The van der Waals surface area contributed by atoms with Crippen LogP contribution in [0.1, 0.15) is 24.8 Å². The Morgan fingerprint density at radius 2 is 2.05 bits per heavy atom. The van der Waals surface area contributed by atoms with Gasteiger partial charge in [-0.3, -0.25) is 9.59 Å². The molecule has 0 atom stereocenters. The van der Waals surface area contributed by atoms with Crippen molar-refractivity contribution in [3.05, 3.63) is 29.3 Å². The van der Waals surface area contributed by atoms with E-state index in [1.165, 1.54) is 0 Å². The van der Waals surface area contributed by atoms with Crippen LogP contribution in [0.5, 0.6) is 0 Å². The molecule has 0 unspecified atom stereocenters. The van der Waals surface area contributed by atoms with E-state index in [4.69, 9.17) is 5.11 Å². The Hall–Kier alpha value is -1.95. The predicted molar refractivity (Wildman–Crippen MR) is 82.4 cm³/mol. The molecule has 2 aromatic rings. The molecular formula is C15H18N2O3S. The highest BCUT2D eigenvalue weighted by Crippen LogP contribution is 2.22. The van der Waals surface area contributed by atoms with E-state index in [0.717, 1.165) is 15.2 Å². The summed E-state index contributed by atoms with van der Waals surface area (Å²) >= 11 is 1.60. The highest BCUT2D eigenvalue weighted by molar-refractivity contribution is 7.18. The van der Waals surface area contributed by atoms with Gasteiger partial charge in [0.2, 0.25) is 5.91 Å². The second-order valence-electron chi connectivity index (χ2n) is 4.69. The minimum absolute atomic E-state index is 0.0132. The van der Waals surface area contributed by atoms with Crippen LogP contribution in [-0.2, 0) is 16.0 Å². The Kier molecular flexibility index (Phi) is 5.27. The summed E-state index contributed by atoms with van der Waals surface area (Å²) in [5.41, 5.74) is 0.961. The molecule has 0 spiro atoms. The first kappa shape index (κ1) is 15.4. The number of benzene rings is 1. The molecule has 0 bridgehead atoms. The van der Waals surface area contributed by atoms with Crippen molar-refractivity contribution in [3.8, 4) is 0 Å². The minimum atomic E-state index is -0.882. The predicted octanol–water partition coefficient (Wildman–Crippen LogP) is 2.55. The molecule has 0 aliphatic rings. The molecule has 6 heteroatoms. The zero-order valence-corrected chi connectivity index (χ0v) is 12.7. The van der Waals surface area contributed by atoms with E-state index in [2.05, 4.69) is 4.98 Å². The summed E-state index contributed by atoms with van der Waals surface area (Å²) in [5.74, 6) is -0.898. The number of aliphatic carboxylic acids is 1. The van der Waals surface area contributed by atoms with Gasteiger partial charge in [0.1, 0.15) is 0 Å². The number of hydrogen-bond acceptors (Lipinski definition) is 4. The first-order chi connectivity index (χ1) is 10.1. The molecule has 1 aromatic carbocycles. The SMILES string of the molecule is CCN(CCC(=O)O)C(=O)CCc1nc2ccccc2s1. The standard InChI is InChI=1S/C15H18N2O3S/c1-2-17(10-9-15(19)20)14(18)8-7-13-16-11-5-3-4-6-12(11)21-13/h3-6H,2,7-10H2,1H3,(H,19,20). The number of aromatic nitrogens is 1. The van der Waals surface area contributed by atoms with E-state index in [0.29, 0.717) is 19.4 Å². The quantitative estimate of drug-likeness (QED) is 0.853. The topological polar surface area (TPSA) is 70.5 Å². The van der Waals surface area contributed by atoms with E-state index >= 15 is 0 Å². The molecule has 1 aromatic heterocycles. The van der Waals surface area contributed by atoms with Gasteiger partial charge in [-0.1, -0.05) is 12.1 Å². The van der Waals surface area contributed by atoms with Gasteiger partial charge in [0.15, 0.2) is 0 Å². The molecule has 0 fully saturated rings. The number of carbonyl (C=O) groups excluding carboxylic acids is 1. The van der Waals surface area contributed by atoms with Crippen LogP contribution in [-0.4, -0.2) is 40.0 Å². The fourth-order valence-electron chi connectivity index (χ4n) is 2.09. The average molecular weight is 306 g/mol. The monoisotopic (exact) mass is 306 g/mol. The van der Waals surface area contributed by atoms with Crippen LogP contribution >= 0.6 is 11.3 Å². The summed E-state index contributed by atoms with van der Waals surface area (Å²) in [6.45, 7) is 2.66. The maximum Gasteiger partial charge on any atom is 0.305 e. The van der Waals surface area contributed by atoms with E-state index in [9.17, 15) is 9.59 Å². The smallest absolute Gasteiger partial charge is 0.305 e. The van der Waals surface area contributed by atoms with Gasteiger partial charge >= 0.3 is 5.97 Å². The van der Waals surface area contributed by atoms with Crippen molar-refractivity contribution in [1.82, 2.24) is 9.88 Å². The Bertz CT molecular complexity index is 606. The second kappa shape index (κ2) is 7.17. The van der Waals surface area contributed by atoms with Crippen molar-refractivity contribution in [3.63, 3.8) is 0 Å². The minimum Gasteiger partial charge on any atom is -0.481 e. The molecule has 2 rings (SSSR count). The lowest BCUT2D eigenvalue weighted by molar-refractivity contribution is -0.138. The van der Waals surface area contributed by atoms with Crippen LogP contribution in [0.15, 0.2) is 24.3 Å². The van der Waals surface area contributed by atoms with Crippen molar-refractivity contribution in [1.29, 1.82) is 0 Å². The molecule has 21 heavy (non-hydrogen) atoms. The van der Waals surface area contributed by atoms with Crippen molar-refractivity contribution in [2.75, 3.05) is 13.1 Å². The molecule has 0 radical (unpaired) electrons. The number of aryl methyl sites for hydroxylation is 1. The third kappa shape index (κ3) is 4.26. The van der Waals surface area contributed by atoms with E-state index in [1.54, 1.807) is 16.2 Å². The third-order valence-electron chi connectivity index (χ3n) is 3.22.